The normalized spacial score (nSPS) is 10.2. The van der Waals surface area contributed by atoms with Gasteiger partial charge in [-0.1, -0.05) is 0 Å². The molecule has 0 radical (unpaired) electrons. The molecule has 21 heavy (non-hydrogen) atoms. The van der Waals surface area contributed by atoms with Crippen LogP contribution in [0.1, 0.15) is 17.4 Å². The van der Waals surface area contributed by atoms with Gasteiger partial charge in [-0.2, -0.15) is 5.10 Å². The van der Waals surface area contributed by atoms with Gasteiger partial charge in [0.05, 0.1) is 23.9 Å². The number of esters is 1. The molecule has 0 spiro atoms. The Morgan fingerprint density at radius 3 is 2.86 bits per heavy atom. The highest BCUT2D eigenvalue weighted by Gasteiger charge is 2.19. The second kappa shape index (κ2) is 5.99. The zero-order valence-corrected chi connectivity index (χ0v) is 11.4. The number of nitrogens with one attached hydrogen (secondary N) is 1. The second-order valence-electron chi connectivity index (χ2n) is 4.02. The molecule has 2 aromatic rings. The maximum Gasteiger partial charge on any atom is 0.356 e. The third-order valence-electron chi connectivity index (χ3n) is 2.69. The SMILES string of the molecule is CCn1cc(Nc2nc(C(=O)OC)ccc2[N+](=O)[O-])cn1. The van der Waals surface area contributed by atoms with Crippen LogP contribution in [0, 0.1) is 10.1 Å². The maximum atomic E-state index is 11.5. The maximum absolute atomic E-state index is 11.5. The number of pyridine rings is 1. The summed E-state index contributed by atoms with van der Waals surface area (Å²) in [6.07, 6.45) is 3.19. The van der Waals surface area contributed by atoms with Crippen molar-refractivity contribution < 1.29 is 14.5 Å². The number of methoxy groups -OCH3 is 1. The molecule has 0 aliphatic carbocycles. The van der Waals surface area contributed by atoms with Gasteiger partial charge in [0.25, 0.3) is 0 Å². The number of hydrogen-bond acceptors (Lipinski definition) is 7. The van der Waals surface area contributed by atoms with Crippen molar-refractivity contribution in [3.8, 4) is 0 Å². The van der Waals surface area contributed by atoms with Gasteiger partial charge in [0.2, 0.25) is 5.82 Å². The molecule has 9 heteroatoms. The third-order valence-corrected chi connectivity index (χ3v) is 2.69. The largest absolute Gasteiger partial charge is 0.464 e. The Labute approximate surface area is 119 Å². The van der Waals surface area contributed by atoms with Crippen molar-refractivity contribution in [1.82, 2.24) is 14.8 Å². The third kappa shape index (κ3) is 3.14. The molecule has 0 aliphatic rings. The molecule has 0 aliphatic heterocycles. The predicted molar refractivity (Wildman–Crippen MR) is 73.4 cm³/mol. The van der Waals surface area contributed by atoms with Gasteiger partial charge in [-0.15, -0.1) is 0 Å². The number of aryl methyl sites for hydroxylation is 1. The van der Waals surface area contributed by atoms with Crippen molar-refractivity contribution in [2.45, 2.75) is 13.5 Å². The molecule has 0 aromatic carbocycles. The van der Waals surface area contributed by atoms with Crippen molar-refractivity contribution in [3.05, 3.63) is 40.3 Å². The van der Waals surface area contributed by atoms with E-state index >= 15 is 0 Å². The summed E-state index contributed by atoms with van der Waals surface area (Å²) < 4.78 is 6.20. The van der Waals surface area contributed by atoms with Gasteiger partial charge in [-0.25, -0.2) is 9.78 Å². The molecule has 110 valence electrons. The van der Waals surface area contributed by atoms with Gasteiger partial charge < -0.3 is 10.1 Å². The number of ether oxygens (including phenoxy) is 1. The van der Waals surface area contributed by atoms with Crippen LogP contribution < -0.4 is 5.32 Å². The Morgan fingerprint density at radius 1 is 1.52 bits per heavy atom. The van der Waals surface area contributed by atoms with Crippen molar-refractivity contribution in [2.75, 3.05) is 12.4 Å². The summed E-state index contributed by atoms with van der Waals surface area (Å²) in [7, 11) is 1.21. The number of nitro groups is 1. The lowest BCUT2D eigenvalue weighted by atomic mass is 10.3. The number of aromatic nitrogens is 3. The van der Waals surface area contributed by atoms with Crippen LogP contribution in [0.4, 0.5) is 17.2 Å². The van der Waals surface area contributed by atoms with Gasteiger partial charge >= 0.3 is 11.7 Å². The van der Waals surface area contributed by atoms with Crippen LogP contribution in [0.15, 0.2) is 24.5 Å². The quantitative estimate of drug-likeness (QED) is 0.507. The molecule has 0 bridgehead atoms. The van der Waals surface area contributed by atoms with Gasteiger partial charge in [0, 0.05) is 18.8 Å². The second-order valence-corrected chi connectivity index (χ2v) is 4.02. The lowest BCUT2D eigenvalue weighted by molar-refractivity contribution is -0.384. The van der Waals surface area contributed by atoms with Gasteiger partial charge in [-0.05, 0) is 13.0 Å². The predicted octanol–water partition coefficient (Wildman–Crippen LogP) is 1.74. The molecule has 2 rings (SSSR count). The number of carbonyl (C=O) groups is 1. The molecular weight excluding hydrogens is 278 g/mol. The fourth-order valence-electron chi connectivity index (χ4n) is 1.65. The molecule has 2 heterocycles. The average Bonchev–Trinajstić information content (AvgIpc) is 2.93. The molecule has 0 amide bonds. The number of anilines is 2. The first kappa shape index (κ1) is 14.4. The standard InChI is InChI=1S/C12H13N5O4/c1-3-16-7-8(6-13-16)14-11-10(17(19)20)5-4-9(15-11)12(18)21-2/h4-7H,3H2,1-2H3,(H,14,15). The van der Waals surface area contributed by atoms with E-state index < -0.39 is 10.9 Å². The van der Waals surface area contributed by atoms with E-state index in [0.29, 0.717) is 12.2 Å². The topological polar surface area (TPSA) is 112 Å². The van der Waals surface area contributed by atoms with Gasteiger partial charge in [0.15, 0.2) is 5.69 Å². The molecule has 0 atom stereocenters. The lowest BCUT2D eigenvalue weighted by Crippen LogP contribution is -2.07. The summed E-state index contributed by atoms with van der Waals surface area (Å²) in [6, 6.07) is 2.44. The Bertz CT molecular complexity index is 682. The van der Waals surface area contributed by atoms with E-state index in [-0.39, 0.29) is 17.2 Å². The van der Waals surface area contributed by atoms with Crippen molar-refractivity contribution in [1.29, 1.82) is 0 Å². The van der Waals surface area contributed by atoms with Crippen LogP contribution in [0.3, 0.4) is 0 Å². The highest BCUT2D eigenvalue weighted by atomic mass is 16.6. The van der Waals surface area contributed by atoms with Crippen LogP contribution in [-0.2, 0) is 11.3 Å². The minimum atomic E-state index is -0.669. The van der Waals surface area contributed by atoms with E-state index in [2.05, 4.69) is 20.1 Å². The minimum absolute atomic E-state index is 0.0199. The van der Waals surface area contributed by atoms with Crippen LogP contribution in [0.5, 0.6) is 0 Å². The van der Waals surface area contributed by atoms with Gasteiger partial charge in [0.1, 0.15) is 0 Å². The fourth-order valence-corrected chi connectivity index (χ4v) is 1.65. The molecular formula is C12H13N5O4. The number of rotatable bonds is 5. The summed E-state index contributed by atoms with van der Waals surface area (Å²) >= 11 is 0. The zero-order valence-electron chi connectivity index (χ0n) is 11.4. The van der Waals surface area contributed by atoms with Crippen molar-refractivity contribution >= 4 is 23.2 Å². The van der Waals surface area contributed by atoms with Crippen molar-refractivity contribution in [2.24, 2.45) is 0 Å². The highest BCUT2D eigenvalue weighted by Crippen LogP contribution is 2.25. The number of nitrogens with zero attached hydrogens (tertiary/aromatic N) is 4. The van der Waals surface area contributed by atoms with Crippen LogP contribution >= 0.6 is 0 Å². The van der Waals surface area contributed by atoms with Crippen LogP contribution in [0.25, 0.3) is 0 Å². The Kier molecular flexibility index (Phi) is 4.12. The van der Waals surface area contributed by atoms with Crippen molar-refractivity contribution in [3.63, 3.8) is 0 Å². The number of hydrogen-bond donors (Lipinski definition) is 1. The summed E-state index contributed by atoms with van der Waals surface area (Å²) in [5.74, 6) is -0.712. The van der Waals surface area contributed by atoms with E-state index in [1.165, 1.54) is 25.4 Å². The van der Waals surface area contributed by atoms with Gasteiger partial charge in [-0.3, -0.25) is 14.8 Å². The molecule has 0 saturated carbocycles. The lowest BCUT2D eigenvalue weighted by Gasteiger charge is -2.05. The molecule has 0 saturated heterocycles. The summed E-state index contributed by atoms with van der Waals surface area (Å²) in [6.45, 7) is 2.58. The molecule has 9 nitrogen and oxygen atoms in total. The molecule has 0 fully saturated rings. The Morgan fingerprint density at radius 2 is 2.29 bits per heavy atom. The first-order chi connectivity index (χ1) is 10.0. The van der Waals surface area contributed by atoms with E-state index in [0.717, 1.165) is 0 Å². The minimum Gasteiger partial charge on any atom is -0.464 e. The summed E-state index contributed by atoms with van der Waals surface area (Å²) in [5.41, 5.74) is 0.273. The first-order valence-electron chi connectivity index (χ1n) is 6.08. The molecule has 2 aromatic heterocycles. The Hall–Kier alpha value is -2.97. The monoisotopic (exact) mass is 291 g/mol. The average molecular weight is 291 g/mol. The smallest absolute Gasteiger partial charge is 0.356 e. The Balaban J connectivity index is 2.38. The van der Waals surface area contributed by atoms with E-state index in [1.54, 1.807) is 10.9 Å². The van der Waals surface area contributed by atoms with E-state index in [9.17, 15) is 14.9 Å². The van der Waals surface area contributed by atoms with Crippen LogP contribution in [-0.4, -0.2) is 32.8 Å². The van der Waals surface area contributed by atoms with E-state index in [1.807, 2.05) is 6.92 Å². The highest BCUT2D eigenvalue weighted by molar-refractivity contribution is 5.88. The molecule has 1 N–H and O–H groups in total. The zero-order chi connectivity index (χ0) is 15.4. The molecule has 0 unspecified atom stereocenters. The van der Waals surface area contributed by atoms with Crippen LogP contribution in [0.2, 0.25) is 0 Å². The fraction of sp³-hybridized carbons (Fsp3) is 0.250. The first-order valence-corrected chi connectivity index (χ1v) is 6.08. The summed E-state index contributed by atoms with van der Waals surface area (Å²) in [4.78, 5) is 25.8. The number of carbonyl (C=O) groups excluding carboxylic acids is 1. The summed E-state index contributed by atoms with van der Waals surface area (Å²) in [5, 5.41) is 17.8. The van der Waals surface area contributed by atoms with E-state index in [4.69, 9.17) is 0 Å².